The van der Waals surface area contributed by atoms with Crippen LogP contribution in [-0.2, 0) is 14.3 Å². The highest BCUT2D eigenvalue weighted by molar-refractivity contribution is 6.37. The molecule has 0 aromatic heterocycles. The van der Waals surface area contributed by atoms with Gasteiger partial charge in [0.15, 0.2) is 5.71 Å². The summed E-state index contributed by atoms with van der Waals surface area (Å²) in [4.78, 5) is 24.0. The fourth-order valence-corrected chi connectivity index (χ4v) is 1.90. The Morgan fingerprint density at radius 1 is 1.39 bits per heavy atom. The summed E-state index contributed by atoms with van der Waals surface area (Å²) in [6, 6.07) is 0. The SMILES string of the molecule is CCOC(=O)/C(CN1CCC(C(=O)O)CC1)=N\O. The molecule has 0 atom stereocenters. The lowest BCUT2D eigenvalue weighted by molar-refractivity contribution is -0.143. The minimum Gasteiger partial charge on any atom is -0.481 e. The Bertz CT molecular complexity index is 334. The van der Waals surface area contributed by atoms with Crippen molar-refractivity contribution < 1.29 is 24.6 Å². The van der Waals surface area contributed by atoms with E-state index in [1.165, 1.54) is 0 Å². The zero-order valence-electron chi connectivity index (χ0n) is 10.3. The second-order valence-electron chi connectivity index (χ2n) is 4.16. The molecule has 1 aliphatic heterocycles. The average Bonchev–Trinajstić information content (AvgIpc) is 2.36. The van der Waals surface area contributed by atoms with Gasteiger partial charge >= 0.3 is 11.9 Å². The molecule has 1 aliphatic rings. The molecular weight excluding hydrogens is 240 g/mol. The van der Waals surface area contributed by atoms with Crippen LogP contribution in [0.4, 0.5) is 0 Å². The Balaban J connectivity index is 2.44. The summed E-state index contributed by atoms with van der Waals surface area (Å²) < 4.78 is 4.75. The number of hydrogen-bond acceptors (Lipinski definition) is 6. The van der Waals surface area contributed by atoms with E-state index in [0.29, 0.717) is 25.9 Å². The molecule has 2 N–H and O–H groups in total. The van der Waals surface area contributed by atoms with Crippen LogP contribution < -0.4 is 0 Å². The van der Waals surface area contributed by atoms with Crippen LogP contribution in [0, 0.1) is 5.92 Å². The summed E-state index contributed by atoms with van der Waals surface area (Å²) in [5.41, 5.74) is -0.0503. The number of carboxylic acids is 1. The number of oxime groups is 1. The molecule has 7 heteroatoms. The lowest BCUT2D eigenvalue weighted by Gasteiger charge is -2.29. The van der Waals surface area contributed by atoms with Crippen LogP contribution in [0.2, 0.25) is 0 Å². The molecule has 102 valence electrons. The van der Waals surface area contributed by atoms with Crippen LogP contribution in [0.5, 0.6) is 0 Å². The van der Waals surface area contributed by atoms with E-state index in [1.54, 1.807) is 6.92 Å². The number of rotatable bonds is 5. The number of nitrogens with zero attached hydrogens (tertiary/aromatic N) is 2. The highest BCUT2D eigenvalue weighted by Gasteiger charge is 2.26. The Hall–Kier alpha value is -1.63. The number of hydrogen-bond donors (Lipinski definition) is 2. The van der Waals surface area contributed by atoms with Crippen molar-refractivity contribution in [2.75, 3.05) is 26.2 Å². The van der Waals surface area contributed by atoms with E-state index < -0.39 is 11.9 Å². The van der Waals surface area contributed by atoms with E-state index in [2.05, 4.69) is 5.16 Å². The summed E-state index contributed by atoms with van der Waals surface area (Å²) in [5.74, 6) is -1.74. The number of ether oxygens (including phenoxy) is 1. The minimum absolute atomic E-state index is 0.0503. The van der Waals surface area contributed by atoms with Gasteiger partial charge in [-0.05, 0) is 32.9 Å². The number of carbonyl (C=O) groups is 2. The van der Waals surface area contributed by atoms with E-state index in [9.17, 15) is 9.59 Å². The van der Waals surface area contributed by atoms with Gasteiger partial charge in [0, 0.05) is 0 Å². The molecule has 1 rings (SSSR count). The molecule has 0 aromatic carbocycles. The molecule has 1 saturated heterocycles. The predicted molar refractivity (Wildman–Crippen MR) is 62.7 cm³/mol. The van der Waals surface area contributed by atoms with E-state index >= 15 is 0 Å². The lowest BCUT2D eigenvalue weighted by atomic mass is 9.97. The maximum absolute atomic E-state index is 11.4. The molecule has 0 aromatic rings. The second kappa shape index (κ2) is 6.95. The van der Waals surface area contributed by atoms with Gasteiger partial charge in [0.05, 0.1) is 19.1 Å². The third-order valence-corrected chi connectivity index (χ3v) is 2.94. The minimum atomic E-state index is -0.781. The Labute approximate surface area is 105 Å². The average molecular weight is 258 g/mol. The van der Waals surface area contributed by atoms with E-state index in [1.807, 2.05) is 4.90 Å². The Morgan fingerprint density at radius 3 is 2.44 bits per heavy atom. The standard InChI is InChI=1S/C11H18N2O5/c1-2-18-11(16)9(12-17)7-13-5-3-8(4-6-13)10(14)15/h8,17H,2-7H2,1H3,(H,14,15)/b12-9-. The summed E-state index contributed by atoms with van der Waals surface area (Å²) in [7, 11) is 0. The van der Waals surface area contributed by atoms with Crippen molar-refractivity contribution in [3.63, 3.8) is 0 Å². The van der Waals surface area contributed by atoms with Crippen molar-refractivity contribution in [3.05, 3.63) is 0 Å². The molecule has 1 heterocycles. The first-order valence-corrected chi connectivity index (χ1v) is 5.91. The molecule has 0 unspecified atom stereocenters. The number of likely N-dealkylation sites (tertiary alicyclic amines) is 1. The number of carbonyl (C=O) groups excluding carboxylic acids is 1. The van der Waals surface area contributed by atoms with Crippen LogP contribution in [0.25, 0.3) is 0 Å². The molecule has 0 bridgehead atoms. The maximum atomic E-state index is 11.4. The number of piperidine rings is 1. The van der Waals surface area contributed by atoms with Gasteiger partial charge in [0.2, 0.25) is 0 Å². The predicted octanol–water partition coefficient (Wildman–Crippen LogP) is 0.176. The fraction of sp³-hybridized carbons (Fsp3) is 0.727. The van der Waals surface area contributed by atoms with Crippen molar-refractivity contribution in [2.45, 2.75) is 19.8 Å². The van der Waals surface area contributed by atoms with E-state index in [0.717, 1.165) is 0 Å². The van der Waals surface area contributed by atoms with Crippen LogP contribution in [0.3, 0.4) is 0 Å². The Morgan fingerprint density at radius 2 is 2.00 bits per heavy atom. The lowest BCUT2D eigenvalue weighted by Crippen LogP contribution is -2.41. The van der Waals surface area contributed by atoms with E-state index in [4.69, 9.17) is 15.1 Å². The van der Waals surface area contributed by atoms with Crippen LogP contribution >= 0.6 is 0 Å². The van der Waals surface area contributed by atoms with Gasteiger partial charge in [-0.25, -0.2) is 4.79 Å². The van der Waals surface area contributed by atoms with Crippen LogP contribution in [0.15, 0.2) is 5.16 Å². The van der Waals surface area contributed by atoms with Crippen molar-refractivity contribution in [3.8, 4) is 0 Å². The number of esters is 1. The first kappa shape index (κ1) is 14.4. The molecular formula is C11H18N2O5. The number of aliphatic carboxylic acids is 1. The summed E-state index contributed by atoms with van der Waals surface area (Å²) in [6.45, 7) is 3.21. The molecule has 7 nitrogen and oxygen atoms in total. The largest absolute Gasteiger partial charge is 0.481 e. The van der Waals surface area contributed by atoms with Gasteiger partial charge in [0.25, 0.3) is 0 Å². The van der Waals surface area contributed by atoms with Crippen molar-refractivity contribution in [1.82, 2.24) is 4.90 Å². The van der Waals surface area contributed by atoms with Gasteiger partial charge in [-0.3, -0.25) is 9.69 Å². The summed E-state index contributed by atoms with van der Waals surface area (Å²) in [6.07, 6.45) is 1.08. The third-order valence-electron chi connectivity index (χ3n) is 2.94. The third kappa shape index (κ3) is 3.99. The van der Waals surface area contributed by atoms with Crippen LogP contribution in [0.1, 0.15) is 19.8 Å². The second-order valence-corrected chi connectivity index (χ2v) is 4.16. The van der Waals surface area contributed by atoms with Crippen molar-refractivity contribution in [2.24, 2.45) is 11.1 Å². The van der Waals surface area contributed by atoms with Gasteiger partial charge in [-0.2, -0.15) is 0 Å². The molecule has 1 fully saturated rings. The highest BCUT2D eigenvalue weighted by Crippen LogP contribution is 2.17. The highest BCUT2D eigenvalue weighted by atomic mass is 16.5. The summed E-state index contributed by atoms with van der Waals surface area (Å²) >= 11 is 0. The summed E-state index contributed by atoms with van der Waals surface area (Å²) in [5, 5.41) is 20.6. The maximum Gasteiger partial charge on any atom is 0.357 e. The quantitative estimate of drug-likeness (QED) is 0.316. The smallest absolute Gasteiger partial charge is 0.357 e. The molecule has 0 saturated carbocycles. The topological polar surface area (TPSA) is 99.4 Å². The molecule has 0 amide bonds. The van der Waals surface area contributed by atoms with Crippen molar-refractivity contribution in [1.29, 1.82) is 0 Å². The normalized spacial score (nSPS) is 18.6. The monoisotopic (exact) mass is 258 g/mol. The molecule has 0 radical (unpaired) electrons. The van der Waals surface area contributed by atoms with Crippen molar-refractivity contribution >= 4 is 17.7 Å². The Kier molecular flexibility index (Phi) is 5.57. The number of carboxylic acid groups (broad SMARTS) is 1. The van der Waals surface area contributed by atoms with Gasteiger partial charge < -0.3 is 15.1 Å². The zero-order valence-corrected chi connectivity index (χ0v) is 10.3. The first-order valence-electron chi connectivity index (χ1n) is 5.91. The molecule has 0 aliphatic carbocycles. The molecule has 18 heavy (non-hydrogen) atoms. The van der Waals surface area contributed by atoms with E-state index in [-0.39, 0.29) is 24.8 Å². The van der Waals surface area contributed by atoms with Crippen LogP contribution in [-0.4, -0.2) is 59.1 Å². The fourth-order valence-electron chi connectivity index (χ4n) is 1.90. The van der Waals surface area contributed by atoms with Gasteiger partial charge in [0.1, 0.15) is 0 Å². The molecule has 0 spiro atoms. The van der Waals surface area contributed by atoms with Gasteiger partial charge in [-0.15, -0.1) is 0 Å². The first-order chi connectivity index (χ1) is 8.58. The van der Waals surface area contributed by atoms with Gasteiger partial charge in [-0.1, -0.05) is 5.16 Å². The zero-order chi connectivity index (χ0) is 13.5.